The summed E-state index contributed by atoms with van der Waals surface area (Å²) >= 11 is 11.9. The zero-order chi connectivity index (χ0) is 19.1. The van der Waals surface area contributed by atoms with Gasteiger partial charge >= 0.3 is 0 Å². The van der Waals surface area contributed by atoms with Crippen LogP contribution in [0.2, 0.25) is 10.0 Å². The summed E-state index contributed by atoms with van der Waals surface area (Å²) in [5.74, 6) is 0.397. The second-order valence-electron chi connectivity index (χ2n) is 6.13. The number of hydrogen-bond donors (Lipinski definition) is 1. The maximum atomic E-state index is 11.9. The molecule has 1 amide bonds. The van der Waals surface area contributed by atoms with Gasteiger partial charge in [0.15, 0.2) is 0 Å². The molecule has 2 aromatic carbocycles. The minimum atomic E-state index is -0.158. The lowest BCUT2D eigenvalue weighted by Gasteiger charge is -2.08. The molecule has 26 heavy (non-hydrogen) atoms. The Balaban J connectivity index is 1.75. The van der Waals surface area contributed by atoms with Crippen molar-refractivity contribution >= 4 is 35.3 Å². The second kappa shape index (κ2) is 9.60. The largest absolute Gasteiger partial charge is 0.492 e. The number of nitrogens with zero attached hydrogens (tertiary/aromatic N) is 1. The predicted molar refractivity (Wildman–Crippen MR) is 108 cm³/mol. The molecule has 1 N–H and O–H groups in total. The highest BCUT2D eigenvalue weighted by Crippen LogP contribution is 2.27. The molecule has 0 bridgehead atoms. The van der Waals surface area contributed by atoms with Crippen LogP contribution in [0, 0.1) is 20.8 Å². The predicted octanol–water partition coefficient (Wildman–Crippen LogP) is 5.23. The SMILES string of the molecule is Cc1cc(C)c(/C=N/NC(=O)CCCOc2ccc(Cl)cc2Cl)c(C)c1. The van der Waals surface area contributed by atoms with Gasteiger partial charge in [-0.2, -0.15) is 5.10 Å². The Bertz CT molecular complexity index is 796. The van der Waals surface area contributed by atoms with E-state index in [0.29, 0.717) is 35.2 Å². The summed E-state index contributed by atoms with van der Waals surface area (Å²) in [5.41, 5.74) is 7.05. The fourth-order valence-electron chi connectivity index (χ4n) is 2.63. The van der Waals surface area contributed by atoms with E-state index in [-0.39, 0.29) is 5.91 Å². The number of rotatable bonds is 7. The van der Waals surface area contributed by atoms with Crippen LogP contribution in [0.3, 0.4) is 0 Å². The van der Waals surface area contributed by atoms with E-state index in [1.807, 2.05) is 13.8 Å². The third-order valence-electron chi connectivity index (χ3n) is 3.82. The number of hydrogen-bond acceptors (Lipinski definition) is 3. The van der Waals surface area contributed by atoms with Crippen molar-refractivity contribution < 1.29 is 9.53 Å². The topological polar surface area (TPSA) is 50.7 Å². The molecule has 0 radical (unpaired) electrons. The average Bonchev–Trinajstić information content (AvgIpc) is 2.55. The molecule has 0 heterocycles. The molecule has 0 aromatic heterocycles. The van der Waals surface area contributed by atoms with Gasteiger partial charge in [-0.15, -0.1) is 0 Å². The molecule has 0 aliphatic rings. The van der Waals surface area contributed by atoms with Gasteiger partial charge in [-0.1, -0.05) is 40.9 Å². The second-order valence-corrected chi connectivity index (χ2v) is 6.98. The molecule has 0 saturated carbocycles. The van der Waals surface area contributed by atoms with E-state index in [9.17, 15) is 4.79 Å². The number of benzene rings is 2. The number of hydrazone groups is 1. The first-order chi connectivity index (χ1) is 12.4. The van der Waals surface area contributed by atoms with Crippen molar-refractivity contribution in [2.75, 3.05) is 6.61 Å². The van der Waals surface area contributed by atoms with Crippen molar-refractivity contribution in [3.05, 3.63) is 62.6 Å². The molecule has 0 unspecified atom stereocenters. The Morgan fingerprint density at radius 2 is 1.85 bits per heavy atom. The van der Waals surface area contributed by atoms with Crippen LogP contribution in [0.5, 0.6) is 5.75 Å². The maximum Gasteiger partial charge on any atom is 0.240 e. The minimum Gasteiger partial charge on any atom is -0.492 e. The maximum absolute atomic E-state index is 11.9. The van der Waals surface area contributed by atoms with Gasteiger partial charge < -0.3 is 4.74 Å². The number of aryl methyl sites for hydroxylation is 3. The van der Waals surface area contributed by atoms with Gasteiger partial charge in [-0.25, -0.2) is 5.43 Å². The molecule has 0 aliphatic carbocycles. The number of amides is 1. The quantitative estimate of drug-likeness (QED) is 0.398. The van der Waals surface area contributed by atoms with Crippen LogP contribution in [0.25, 0.3) is 0 Å². The van der Waals surface area contributed by atoms with Gasteiger partial charge in [0.2, 0.25) is 5.91 Å². The van der Waals surface area contributed by atoms with Crippen LogP contribution < -0.4 is 10.2 Å². The van der Waals surface area contributed by atoms with Crippen molar-refractivity contribution in [3.63, 3.8) is 0 Å². The van der Waals surface area contributed by atoms with Crippen molar-refractivity contribution in [1.82, 2.24) is 5.43 Å². The summed E-state index contributed by atoms with van der Waals surface area (Å²) < 4.78 is 5.55. The molecule has 138 valence electrons. The van der Waals surface area contributed by atoms with Gasteiger partial charge in [0.25, 0.3) is 0 Å². The molecule has 6 heteroatoms. The van der Waals surface area contributed by atoms with Gasteiger partial charge in [0, 0.05) is 17.0 Å². The summed E-state index contributed by atoms with van der Waals surface area (Å²) in [5, 5.41) is 5.06. The Kier molecular flexibility index (Phi) is 7.49. The molecule has 4 nitrogen and oxygen atoms in total. The molecule has 2 rings (SSSR count). The van der Waals surface area contributed by atoms with Gasteiger partial charge in [-0.3, -0.25) is 4.79 Å². The molecule has 0 atom stereocenters. The van der Waals surface area contributed by atoms with Crippen molar-refractivity contribution in [3.8, 4) is 5.75 Å². The summed E-state index contributed by atoms with van der Waals surface area (Å²) in [6, 6.07) is 9.22. The van der Waals surface area contributed by atoms with Crippen LogP contribution in [0.15, 0.2) is 35.4 Å². The molecule has 0 fully saturated rings. The van der Waals surface area contributed by atoms with Crippen molar-refractivity contribution in [2.24, 2.45) is 5.10 Å². The first kappa shape index (κ1) is 20.3. The van der Waals surface area contributed by atoms with Gasteiger partial charge in [0.1, 0.15) is 5.75 Å². The van der Waals surface area contributed by atoms with E-state index in [1.165, 1.54) is 5.56 Å². The first-order valence-corrected chi connectivity index (χ1v) is 9.10. The highest BCUT2D eigenvalue weighted by atomic mass is 35.5. The highest BCUT2D eigenvalue weighted by molar-refractivity contribution is 6.35. The molecule has 0 saturated heterocycles. The van der Waals surface area contributed by atoms with Gasteiger partial charge in [0.05, 0.1) is 17.8 Å². The van der Waals surface area contributed by atoms with Crippen LogP contribution in [0.1, 0.15) is 35.1 Å². The van der Waals surface area contributed by atoms with Crippen LogP contribution in [-0.4, -0.2) is 18.7 Å². The van der Waals surface area contributed by atoms with E-state index in [4.69, 9.17) is 27.9 Å². The summed E-state index contributed by atoms with van der Waals surface area (Å²) in [7, 11) is 0. The fraction of sp³-hybridized carbons (Fsp3) is 0.300. The summed E-state index contributed by atoms with van der Waals surface area (Å²) in [4.78, 5) is 11.9. The van der Waals surface area contributed by atoms with Crippen LogP contribution >= 0.6 is 23.2 Å². The van der Waals surface area contributed by atoms with Crippen LogP contribution in [0.4, 0.5) is 0 Å². The molecule has 0 spiro atoms. The standard InChI is InChI=1S/C20H22Cl2N2O2/c1-13-9-14(2)17(15(3)10-13)12-23-24-20(25)5-4-8-26-19-7-6-16(21)11-18(19)22/h6-7,9-12H,4-5,8H2,1-3H3,(H,24,25)/b23-12+. The van der Waals surface area contributed by atoms with Crippen molar-refractivity contribution in [2.45, 2.75) is 33.6 Å². The van der Waals surface area contributed by atoms with E-state index < -0.39 is 0 Å². The Morgan fingerprint density at radius 1 is 1.15 bits per heavy atom. The number of nitrogens with one attached hydrogen (secondary N) is 1. The lowest BCUT2D eigenvalue weighted by atomic mass is 10.0. The Hall–Kier alpha value is -2.04. The summed E-state index contributed by atoms with van der Waals surface area (Å²) in [6.07, 6.45) is 2.56. The Labute approximate surface area is 164 Å². The Morgan fingerprint density at radius 3 is 2.50 bits per heavy atom. The average molecular weight is 393 g/mol. The number of halogens is 2. The van der Waals surface area contributed by atoms with Crippen molar-refractivity contribution in [1.29, 1.82) is 0 Å². The van der Waals surface area contributed by atoms with Gasteiger partial charge in [-0.05, 0) is 56.5 Å². The molecular weight excluding hydrogens is 371 g/mol. The number of carbonyl (C=O) groups excluding carboxylic acids is 1. The lowest BCUT2D eigenvalue weighted by molar-refractivity contribution is -0.121. The van der Waals surface area contributed by atoms with Crippen LogP contribution in [-0.2, 0) is 4.79 Å². The monoisotopic (exact) mass is 392 g/mol. The fourth-order valence-corrected chi connectivity index (χ4v) is 3.09. The molecule has 2 aromatic rings. The number of carbonyl (C=O) groups is 1. The number of ether oxygens (including phenoxy) is 1. The lowest BCUT2D eigenvalue weighted by Crippen LogP contribution is -2.18. The zero-order valence-corrected chi connectivity index (χ0v) is 16.6. The zero-order valence-electron chi connectivity index (χ0n) is 15.1. The highest BCUT2D eigenvalue weighted by Gasteiger charge is 2.05. The van der Waals surface area contributed by atoms with E-state index >= 15 is 0 Å². The third-order valence-corrected chi connectivity index (χ3v) is 4.35. The van der Waals surface area contributed by atoms with E-state index in [1.54, 1.807) is 24.4 Å². The normalized spacial score (nSPS) is 11.0. The first-order valence-electron chi connectivity index (χ1n) is 8.34. The minimum absolute atomic E-state index is 0.158. The van der Waals surface area contributed by atoms with E-state index in [2.05, 4.69) is 29.6 Å². The molecular formula is C20H22Cl2N2O2. The summed E-state index contributed by atoms with van der Waals surface area (Å²) in [6.45, 7) is 6.50. The third kappa shape index (κ3) is 6.04. The smallest absolute Gasteiger partial charge is 0.240 e. The van der Waals surface area contributed by atoms with E-state index in [0.717, 1.165) is 16.7 Å². The molecule has 0 aliphatic heterocycles.